The molecule has 2 N–H and O–H groups in total. The number of likely N-dealkylation sites (N-methyl/N-ethyl adjacent to an activating group) is 1. The summed E-state index contributed by atoms with van der Waals surface area (Å²) in [6.07, 6.45) is 1.94. The van der Waals surface area contributed by atoms with E-state index >= 15 is 0 Å². The molecule has 0 aliphatic rings. The molecule has 0 aliphatic heterocycles. The van der Waals surface area contributed by atoms with Gasteiger partial charge in [0.1, 0.15) is 6.04 Å². The Labute approximate surface area is 87.8 Å². The third-order valence-electron chi connectivity index (χ3n) is 1.84. The largest absolute Gasteiger partial charge is 0.480 e. The lowest BCUT2D eigenvalue weighted by Gasteiger charge is -2.21. The second-order valence-corrected chi connectivity index (χ2v) is 3.84. The van der Waals surface area contributed by atoms with E-state index in [9.17, 15) is 9.59 Å². The SMILES string of the molecule is CSCCNC(=O)N(C)C(C)C(=O)O. The number of nitrogens with one attached hydrogen (secondary N) is 1. The van der Waals surface area contributed by atoms with Crippen molar-refractivity contribution in [2.24, 2.45) is 0 Å². The summed E-state index contributed by atoms with van der Waals surface area (Å²) < 4.78 is 0. The van der Waals surface area contributed by atoms with Crippen LogP contribution in [0.15, 0.2) is 0 Å². The second-order valence-electron chi connectivity index (χ2n) is 2.85. The molecule has 1 unspecified atom stereocenters. The Hall–Kier alpha value is -0.910. The minimum Gasteiger partial charge on any atom is -0.480 e. The Balaban J connectivity index is 3.92. The summed E-state index contributed by atoms with van der Waals surface area (Å²) in [5, 5.41) is 11.3. The maximum absolute atomic E-state index is 11.3. The smallest absolute Gasteiger partial charge is 0.326 e. The highest BCUT2D eigenvalue weighted by Crippen LogP contribution is 1.96. The Morgan fingerprint density at radius 2 is 2.14 bits per heavy atom. The lowest BCUT2D eigenvalue weighted by atomic mass is 10.3. The van der Waals surface area contributed by atoms with E-state index in [2.05, 4.69) is 5.32 Å². The van der Waals surface area contributed by atoms with Gasteiger partial charge in [-0.2, -0.15) is 11.8 Å². The number of rotatable bonds is 5. The van der Waals surface area contributed by atoms with E-state index in [1.54, 1.807) is 11.8 Å². The maximum Gasteiger partial charge on any atom is 0.326 e. The second kappa shape index (κ2) is 6.53. The van der Waals surface area contributed by atoms with E-state index in [0.29, 0.717) is 6.54 Å². The van der Waals surface area contributed by atoms with Gasteiger partial charge in [0, 0.05) is 19.3 Å². The predicted molar refractivity (Wildman–Crippen MR) is 56.6 cm³/mol. The summed E-state index contributed by atoms with van der Waals surface area (Å²) in [4.78, 5) is 23.0. The maximum atomic E-state index is 11.3. The third-order valence-corrected chi connectivity index (χ3v) is 2.45. The number of carboxylic acids is 1. The van der Waals surface area contributed by atoms with Gasteiger partial charge in [-0.25, -0.2) is 9.59 Å². The van der Waals surface area contributed by atoms with Gasteiger partial charge < -0.3 is 15.3 Å². The standard InChI is InChI=1S/C8H16N2O3S/c1-6(7(11)12)10(2)8(13)9-4-5-14-3/h6H,4-5H2,1-3H3,(H,9,13)(H,11,12). The van der Waals surface area contributed by atoms with Crippen LogP contribution < -0.4 is 5.32 Å². The van der Waals surface area contributed by atoms with Crippen molar-refractivity contribution in [3.05, 3.63) is 0 Å². The highest BCUT2D eigenvalue weighted by atomic mass is 32.2. The predicted octanol–water partition coefficient (Wildman–Crippen LogP) is 0.464. The summed E-state index contributed by atoms with van der Waals surface area (Å²) in [5.74, 6) is -0.186. The van der Waals surface area contributed by atoms with Gasteiger partial charge in [0.2, 0.25) is 0 Å². The number of nitrogens with zero attached hydrogens (tertiary/aromatic N) is 1. The fraction of sp³-hybridized carbons (Fsp3) is 0.750. The molecule has 0 saturated heterocycles. The Morgan fingerprint density at radius 1 is 1.57 bits per heavy atom. The number of hydrogen-bond acceptors (Lipinski definition) is 3. The van der Waals surface area contributed by atoms with Crippen molar-refractivity contribution < 1.29 is 14.7 Å². The van der Waals surface area contributed by atoms with E-state index in [-0.39, 0.29) is 6.03 Å². The van der Waals surface area contributed by atoms with Crippen LogP contribution in [0.3, 0.4) is 0 Å². The van der Waals surface area contributed by atoms with E-state index in [0.717, 1.165) is 5.75 Å². The molecule has 1 atom stereocenters. The van der Waals surface area contributed by atoms with Gasteiger partial charge >= 0.3 is 12.0 Å². The first-order valence-electron chi connectivity index (χ1n) is 4.23. The average Bonchev–Trinajstić information content (AvgIpc) is 2.15. The highest BCUT2D eigenvalue weighted by Gasteiger charge is 2.20. The summed E-state index contributed by atoms with van der Waals surface area (Å²) in [6.45, 7) is 2.02. The molecule has 0 heterocycles. The normalized spacial score (nSPS) is 11.9. The Kier molecular flexibility index (Phi) is 6.11. The number of urea groups is 1. The number of carboxylic acid groups (broad SMARTS) is 1. The van der Waals surface area contributed by atoms with E-state index < -0.39 is 12.0 Å². The molecule has 14 heavy (non-hydrogen) atoms. The van der Waals surface area contributed by atoms with Crippen LogP contribution >= 0.6 is 11.8 Å². The zero-order valence-corrected chi connectivity index (χ0v) is 9.43. The number of thioether (sulfide) groups is 1. The van der Waals surface area contributed by atoms with Crippen molar-refractivity contribution in [2.75, 3.05) is 25.6 Å². The van der Waals surface area contributed by atoms with Crippen LogP contribution in [0, 0.1) is 0 Å². The van der Waals surface area contributed by atoms with Crippen LogP contribution in [0.25, 0.3) is 0 Å². The first-order valence-corrected chi connectivity index (χ1v) is 5.62. The minimum absolute atomic E-state index is 0.353. The van der Waals surface area contributed by atoms with Crippen LogP contribution in [0.4, 0.5) is 4.79 Å². The van der Waals surface area contributed by atoms with Crippen LogP contribution in [0.1, 0.15) is 6.92 Å². The van der Waals surface area contributed by atoms with Gasteiger partial charge in [-0.1, -0.05) is 0 Å². The van der Waals surface area contributed by atoms with Gasteiger partial charge in [-0.05, 0) is 13.2 Å². The van der Waals surface area contributed by atoms with Crippen molar-refractivity contribution in [1.82, 2.24) is 10.2 Å². The van der Waals surface area contributed by atoms with Crippen LogP contribution in [-0.2, 0) is 4.79 Å². The molecule has 0 aliphatic carbocycles. The molecule has 0 radical (unpaired) electrons. The van der Waals surface area contributed by atoms with Gasteiger partial charge in [0.05, 0.1) is 0 Å². The van der Waals surface area contributed by atoms with Crippen LogP contribution in [-0.4, -0.2) is 53.6 Å². The van der Waals surface area contributed by atoms with Crippen molar-refractivity contribution in [3.63, 3.8) is 0 Å². The lowest BCUT2D eigenvalue weighted by Crippen LogP contribution is -2.46. The highest BCUT2D eigenvalue weighted by molar-refractivity contribution is 7.98. The number of aliphatic carboxylic acids is 1. The molecule has 0 aromatic heterocycles. The zero-order valence-electron chi connectivity index (χ0n) is 8.61. The molecule has 0 aromatic carbocycles. The van der Waals surface area contributed by atoms with E-state index in [1.807, 2.05) is 6.26 Å². The summed E-state index contributed by atoms with van der Waals surface area (Å²) in [5.41, 5.74) is 0. The van der Waals surface area contributed by atoms with E-state index in [4.69, 9.17) is 5.11 Å². The van der Waals surface area contributed by atoms with Crippen molar-refractivity contribution >= 4 is 23.8 Å². The Bertz CT molecular complexity index is 211. The zero-order chi connectivity index (χ0) is 11.1. The molecular formula is C8H16N2O3S. The molecule has 5 nitrogen and oxygen atoms in total. The fourth-order valence-electron chi connectivity index (χ4n) is 0.726. The van der Waals surface area contributed by atoms with Crippen molar-refractivity contribution in [1.29, 1.82) is 0 Å². The monoisotopic (exact) mass is 220 g/mol. The van der Waals surface area contributed by atoms with Crippen LogP contribution in [0.5, 0.6) is 0 Å². The molecular weight excluding hydrogens is 204 g/mol. The van der Waals surface area contributed by atoms with Gasteiger partial charge in [0.25, 0.3) is 0 Å². The lowest BCUT2D eigenvalue weighted by molar-refractivity contribution is -0.141. The minimum atomic E-state index is -1.01. The Morgan fingerprint density at radius 3 is 2.57 bits per heavy atom. The van der Waals surface area contributed by atoms with Gasteiger partial charge in [-0.15, -0.1) is 0 Å². The topological polar surface area (TPSA) is 69.6 Å². The fourth-order valence-corrected chi connectivity index (χ4v) is 1.03. The van der Waals surface area contributed by atoms with Gasteiger partial charge in [-0.3, -0.25) is 0 Å². The third kappa shape index (κ3) is 4.36. The summed E-state index contributed by atoms with van der Waals surface area (Å²) in [7, 11) is 1.47. The van der Waals surface area contributed by atoms with Gasteiger partial charge in [0.15, 0.2) is 0 Å². The van der Waals surface area contributed by atoms with Crippen LogP contribution in [0.2, 0.25) is 0 Å². The number of carbonyl (C=O) groups excluding carboxylic acids is 1. The molecule has 0 fully saturated rings. The first-order chi connectivity index (χ1) is 6.50. The average molecular weight is 220 g/mol. The molecule has 0 aromatic rings. The molecule has 2 amide bonds. The molecule has 0 saturated carbocycles. The molecule has 0 bridgehead atoms. The summed E-state index contributed by atoms with van der Waals surface area (Å²) in [6, 6.07) is -1.15. The van der Waals surface area contributed by atoms with Crippen molar-refractivity contribution in [2.45, 2.75) is 13.0 Å². The first kappa shape index (κ1) is 13.1. The molecule has 82 valence electrons. The number of amides is 2. The molecule has 0 spiro atoms. The number of hydrogen-bond donors (Lipinski definition) is 2. The molecule has 6 heteroatoms. The van der Waals surface area contributed by atoms with Crippen molar-refractivity contribution in [3.8, 4) is 0 Å². The quantitative estimate of drug-likeness (QED) is 0.661. The van der Waals surface area contributed by atoms with E-state index in [1.165, 1.54) is 18.9 Å². The number of carbonyl (C=O) groups is 2. The molecule has 0 rings (SSSR count). The summed E-state index contributed by atoms with van der Waals surface area (Å²) >= 11 is 1.62.